The Balaban J connectivity index is 1.91. The highest BCUT2D eigenvalue weighted by atomic mass is 15.3. The summed E-state index contributed by atoms with van der Waals surface area (Å²) < 4.78 is 1.94. The fraction of sp³-hybridized carbons (Fsp3) is 0.471. The third-order valence-corrected chi connectivity index (χ3v) is 4.50. The Hall–Kier alpha value is -1.65. The molecule has 1 aromatic carbocycles. The fourth-order valence-electron chi connectivity index (χ4n) is 3.17. The highest BCUT2D eigenvalue weighted by Crippen LogP contribution is 2.27. The van der Waals surface area contributed by atoms with Crippen LogP contribution in [0.5, 0.6) is 0 Å². The van der Waals surface area contributed by atoms with Crippen LogP contribution in [0.15, 0.2) is 30.5 Å². The van der Waals surface area contributed by atoms with E-state index >= 15 is 0 Å². The maximum Gasteiger partial charge on any atom is 0.0682 e. The van der Waals surface area contributed by atoms with Crippen LogP contribution in [0.25, 0.3) is 11.3 Å². The first-order valence-electron chi connectivity index (χ1n) is 7.60. The zero-order valence-corrected chi connectivity index (χ0v) is 13.1. The molecule has 0 aliphatic carbocycles. The van der Waals surface area contributed by atoms with Gasteiger partial charge in [-0.15, -0.1) is 0 Å². The SMILES string of the molecule is Cc1ccc(CN2CC(C)C(N)C2)c(-c2ccnn2C)c1. The van der Waals surface area contributed by atoms with Crippen molar-refractivity contribution < 1.29 is 0 Å². The zero-order valence-electron chi connectivity index (χ0n) is 13.1. The number of hydrogen-bond donors (Lipinski definition) is 1. The average molecular weight is 284 g/mol. The van der Waals surface area contributed by atoms with E-state index in [0.717, 1.165) is 19.6 Å². The van der Waals surface area contributed by atoms with Gasteiger partial charge in [-0.25, -0.2) is 0 Å². The van der Waals surface area contributed by atoms with Crippen LogP contribution in [0.1, 0.15) is 18.1 Å². The van der Waals surface area contributed by atoms with Gasteiger partial charge in [-0.2, -0.15) is 5.10 Å². The van der Waals surface area contributed by atoms with E-state index in [-0.39, 0.29) is 0 Å². The van der Waals surface area contributed by atoms with Crippen LogP contribution in [-0.2, 0) is 13.6 Å². The van der Waals surface area contributed by atoms with E-state index in [1.54, 1.807) is 0 Å². The number of benzene rings is 1. The largest absolute Gasteiger partial charge is 0.326 e. The van der Waals surface area contributed by atoms with Crippen LogP contribution in [0.4, 0.5) is 0 Å². The summed E-state index contributed by atoms with van der Waals surface area (Å²) in [5.41, 5.74) is 11.2. The Morgan fingerprint density at radius 2 is 2.10 bits per heavy atom. The summed E-state index contributed by atoms with van der Waals surface area (Å²) in [7, 11) is 2.00. The molecule has 1 aliphatic rings. The predicted molar refractivity (Wildman–Crippen MR) is 85.8 cm³/mol. The molecule has 21 heavy (non-hydrogen) atoms. The molecule has 4 heteroatoms. The maximum atomic E-state index is 6.15. The molecule has 0 bridgehead atoms. The van der Waals surface area contributed by atoms with E-state index in [1.165, 1.54) is 22.4 Å². The Kier molecular flexibility index (Phi) is 3.83. The van der Waals surface area contributed by atoms with Gasteiger partial charge < -0.3 is 5.73 Å². The minimum atomic E-state index is 0.301. The second-order valence-corrected chi connectivity index (χ2v) is 6.34. The average Bonchev–Trinajstić information content (AvgIpc) is 2.99. The van der Waals surface area contributed by atoms with Crippen molar-refractivity contribution in [3.8, 4) is 11.3 Å². The number of nitrogens with two attached hydrogens (primary N) is 1. The molecule has 1 fully saturated rings. The van der Waals surface area contributed by atoms with Gasteiger partial charge in [0, 0.05) is 44.5 Å². The topological polar surface area (TPSA) is 47.1 Å². The molecule has 3 rings (SSSR count). The van der Waals surface area contributed by atoms with Crippen LogP contribution in [0.2, 0.25) is 0 Å². The number of hydrogen-bond acceptors (Lipinski definition) is 3. The molecular formula is C17H24N4. The predicted octanol–water partition coefficient (Wildman–Crippen LogP) is 2.17. The van der Waals surface area contributed by atoms with E-state index in [4.69, 9.17) is 5.73 Å². The van der Waals surface area contributed by atoms with Crippen molar-refractivity contribution in [3.63, 3.8) is 0 Å². The number of aromatic nitrogens is 2. The van der Waals surface area contributed by atoms with Gasteiger partial charge >= 0.3 is 0 Å². The van der Waals surface area contributed by atoms with Crippen molar-refractivity contribution in [1.82, 2.24) is 14.7 Å². The minimum Gasteiger partial charge on any atom is -0.326 e. The molecule has 2 N–H and O–H groups in total. The van der Waals surface area contributed by atoms with Crippen molar-refractivity contribution in [2.75, 3.05) is 13.1 Å². The number of aryl methyl sites for hydroxylation is 2. The summed E-state index contributed by atoms with van der Waals surface area (Å²) in [4.78, 5) is 2.46. The summed E-state index contributed by atoms with van der Waals surface area (Å²) in [6, 6.07) is 9.07. The van der Waals surface area contributed by atoms with Crippen LogP contribution in [0, 0.1) is 12.8 Å². The third-order valence-electron chi connectivity index (χ3n) is 4.50. The van der Waals surface area contributed by atoms with Crippen molar-refractivity contribution in [2.45, 2.75) is 26.4 Å². The Morgan fingerprint density at radius 3 is 2.71 bits per heavy atom. The van der Waals surface area contributed by atoms with Crippen molar-refractivity contribution in [3.05, 3.63) is 41.6 Å². The number of rotatable bonds is 3. The third kappa shape index (κ3) is 2.87. The molecule has 1 saturated heterocycles. The molecule has 2 heterocycles. The quantitative estimate of drug-likeness (QED) is 0.939. The molecule has 1 aromatic heterocycles. The van der Waals surface area contributed by atoms with Crippen LogP contribution in [0.3, 0.4) is 0 Å². The monoisotopic (exact) mass is 284 g/mol. The second-order valence-electron chi connectivity index (χ2n) is 6.34. The van der Waals surface area contributed by atoms with Gasteiger partial charge in [0.2, 0.25) is 0 Å². The lowest BCUT2D eigenvalue weighted by Crippen LogP contribution is -2.28. The van der Waals surface area contributed by atoms with Gasteiger partial charge in [-0.1, -0.05) is 24.6 Å². The first kappa shape index (κ1) is 14.3. The molecule has 112 valence electrons. The van der Waals surface area contributed by atoms with Gasteiger partial charge in [0.05, 0.1) is 5.69 Å². The Labute approximate surface area is 126 Å². The highest BCUT2D eigenvalue weighted by Gasteiger charge is 2.27. The second kappa shape index (κ2) is 5.62. The summed E-state index contributed by atoms with van der Waals surface area (Å²) >= 11 is 0. The van der Waals surface area contributed by atoms with Crippen molar-refractivity contribution in [2.24, 2.45) is 18.7 Å². The van der Waals surface area contributed by atoms with E-state index in [0.29, 0.717) is 12.0 Å². The maximum absolute atomic E-state index is 6.15. The van der Waals surface area contributed by atoms with Gasteiger partial charge in [-0.05, 0) is 30.5 Å². The zero-order chi connectivity index (χ0) is 15.0. The van der Waals surface area contributed by atoms with Crippen molar-refractivity contribution >= 4 is 0 Å². The normalized spacial score (nSPS) is 22.9. The molecule has 1 aliphatic heterocycles. The molecule has 0 amide bonds. The lowest BCUT2D eigenvalue weighted by molar-refractivity contribution is 0.319. The van der Waals surface area contributed by atoms with E-state index in [9.17, 15) is 0 Å². The first-order chi connectivity index (χ1) is 10.0. The molecule has 4 nitrogen and oxygen atoms in total. The Bertz CT molecular complexity index is 621. The van der Waals surface area contributed by atoms with Crippen LogP contribution >= 0.6 is 0 Å². The highest BCUT2D eigenvalue weighted by molar-refractivity contribution is 5.64. The smallest absolute Gasteiger partial charge is 0.0682 e. The number of likely N-dealkylation sites (tertiary alicyclic amines) is 1. The van der Waals surface area contributed by atoms with Gasteiger partial charge in [0.1, 0.15) is 0 Å². The fourth-order valence-corrected chi connectivity index (χ4v) is 3.17. The van der Waals surface area contributed by atoms with Crippen LogP contribution in [-0.4, -0.2) is 33.8 Å². The standard InChI is InChI=1S/C17H24N4/c1-12-4-5-14(10-21-9-13(2)16(18)11-21)15(8-12)17-6-7-19-20(17)3/h4-8,13,16H,9-11,18H2,1-3H3. The van der Waals surface area contributed by atoms with E-state index in [2.05, 4.69) is 48.1 Å². The molecule has 2 unspecified atom stereocenters. The van der Waals surface area contributed by atoms with Gasteiger partial charge in [-0.3, -0.25) is 9.58 Å². The van der Waals surface area contributed by atoms with Crippen molar-refractivity contribution in [1.29, 1.82) is 0 Å². The molecule has 0 saturated carbocycles. The molecule has 2 atom stereocenters. The molecular weight excluding hydrogens is 260 g/mol. The molecule has 0 spiro atoms. The van der Waals surface area contributed by atoms with Crippen LogP contribution < -0.4 is 5.73 Å². The summed E-state index contributed by atoms with van der Waals surface area (Å²) in [5, 5.41) is 4.30. The van der Waals surface area contributed by atoms with Gasteiger partial charge in [0.25, 0.3) is 0 Å². The lowest BCUT2D eigenvalue weighted by atomic mass is 10.0. The summed E-state index contributed by atoms with van der Waals surface area (Å²) in [6.45, 7) is 7.40. The summed E-state index contributed by atoms with van der Waals surface area (Å²) in [6.07, 6.45) is 1.86. The Morgan fingerprint density at radius 1 is 1.29 bits per heavy atom. The molecule has 0 radical (unpaired) electrons. The van der Waals surface area contributed by atoms with E-state index in [1.807, 2.05) is 17.9 Å². The van der Waals surface area contributed by atoms with E-state index < -0.39 is 0 Å². The first-order valence-corrected chi connectivity index (χ1v) is 7.60. The summed E-state index contributed by atoms with van der Waals surface area (Å²) in [5.74, 6) is 0.579. The number of nitrogens with zero attached hydrogens (tertiary/aromatic N) is 3. The lowest BCUT2D eigenvalue weighted by Gasteiger charge is -2.18. The van der Waals surface area contributed by atoms with Gasteiger partial charge in [0.15, 0.2) is 0 Å². The minimum absolute atomic E-state index is 0.301. The molecule has 2 aromatic rings.